The van der Waals surface area contributed by atoms with E-state index < -0.39 is 0 Å². The molecule has 0 radical (unpaired) electrons. The van der Waals surface area contributed by atoms with Gasteiger partial charge in [-0.2, -0.15) is 0 Å². The summed E-state index contributed by atoms with van der Waals surface area (Å²) >= 11 is 7.11. The second-order valence-electron chi connectivity index (χ2n) is 6.68. The third kappa shape index (κ3) is 3.70. The highest BCUT2D eigenvalue weighted by Crippen LogP contribution is 2.49. The van der Waals surface area contributed by atoms with Gasteiger partial charge in [0.25, 0.3) is 0 Å². The lowest BCUT2D eigenvalue weighted by Gasteiger charge is -2.11. The molecule has 0 aliphatic rings. The number of rotatable bonds is 8. The van der Waals surface area contributed by atoms with Crippen LogP contribution in [0.2, 0.25) is 0 Å². The molecule has 4 aromatic heterocycles. The highest BCUT2D eigenvalue weighted by molar-refractivity contribution is 7.32. The van der Waals surface area contributed by atoms with Crippen molar-refractivity contribution in [2.45, 2.75) is 39.5 Å². The Kier molecular flexibility index (Phi) is 5.93. The van der Waals surface area contributed by atoms with Crippen LogP contribution in [0.3, 0.4) is 0 Å². The minimum atomic E-state index is 0.159. The van der Waals surface area contributed by atoms with Crippen LogP contribution in [0.25, 0.3) is 29.6 Å². The SMILES string of the molecule is CCCCC(CC)C(=O)c1cc2c(-c3cccs3)sc(-c3cccs3)c2s1. The van der Waals surface area contributed by atoms with E-state index in [9.17, 15) is 4.79 Å². The quantitative estimate of drug-likeness (QED) is 0.255. The molecule has 4 aromatic rings. The molecular weight excluding hydrogens is 409 g/mol. The summed E-state index contributed by atoms with van der Waals surface area (Å²) in [6.07, 6.45) is 4.21. The Morgan fingerprint density at radius 3 is 2.30 bits per heavy atom. The summed E-state index contributed by atoms with van der Waals surface area (Å²) in [5.74, 6) is 0.498. The maximum atomic E-state index is 13.2. The van der Waals surface area contributed by atoms with Crippen LogP contribution in [0.1, 0.15) is 49.2 Å². The number of Topliss-reactive ketones (excluding diaryl/α,β-unsaturated/α-hetero) is 1. The summed E-state index contributed by atoms with van der Waals surface area (Å²) in [6.45, 7) is 4.33. The monoisotopic (exact) mass is 430 g/mol. The topological polar surface area (TPSA) is 17.1 Å². The number of fused-ring (bicyclic) bond motifs is 1. The molecule has 0 N–H and O–H groups in total. The summed E-state index contributed by atoms with van der Waals surface area (Å²) < 4.78 is 1.28. The molecule has 140 valence electrons. The van der Waals surface area contributed by atoms with Crippen LogP contribution >= 0.6 is 45.3 Å². The molecular formula is C22H22OS4. The molecule has 1 nitrogen and oxygen atoms in total. The minimum absolute atomic E-state index is 0.159. The van der Waals surface area contributed by atoms with Gasteiger partial charge >= 0.3 is 0 Å². The van der Waals surface area contributed by atoms with E-state index >= 15 is 0 Å². The fraction of sp³-hybridized carbons (Fsp3) is 0.318. The van der Waals surface area contributed by atoms with E-state index in [1.165, 1.54) is 29.6 Å². The Hall–Kier alpha value is -1.27. The van der Waals surface area contributed by atoms with E-state index in [1.807, 2.05) is 11.3 Å². The van der Waals surface area contributed by atoms with Crippen molar-refractivity contribution in [3.8, 4) is 19.5 Å². The van der Waals surface area contributed by atoms with E-state index in [4.69, 9.17) is 0 Å². The van der Waals surface area contributed by atoms with Crippen molar-refractivity contribution < 1.29 is 4.79 Å². The van der Waals surface area contributed by atoms with Crippen LogP contribution in [0, 0.1) is 5.92 Å². The van der Waals surface area contributed by atoms with E-state index in [0.29, 0.717) is 5.78 Å². The lowest BCUT2D eigenvalue weighted by atomic mass is 9.94. The van der Waals surface area contributed by atoms with Crippen LogP contribution in [0.15, 0.2) is 41.1 Å². The number of unbranched alkanes of at least 4 members (excludes halogenated alkanes) is 1. The average molecular weight is 431 g/mol. The summed E-state index contributed by atoms with van der Waals surface area (Å²) in [5.41, 5.74) is 0. The molecule has 0 fully saturated rings. The molecule has 0 aliphatic heterocycles. The minimum Gasteiger partial charge on any atom is -0.293 e. The predicted octanol–water partition coefficient (Wildman–Crippen LogP) is 8.82. The lowest BCUT2D eigenvalue weighted by molar-refractivity contribution is 0.0912. The summed E-state index contributed by atoms with van der Waals surface area (Å²) in [4.78, 5) is 19.3. The van der Waals surface area contributed by atoms with Gasteiger partial charge in [0.05, 0.1) is 19.3 Å². The van der Waals surface area contributed by atoms with Gasteiger partial charge in [-0.1, -0.05) is 38.8 Å². The first-order chi connectivity index (χ1) is 13.2. The molecule has 0 aromatic carbocycles. The van der Waals surface area contributed by atoms with Crippen LogP contribution in [-0.4, -0.2) is 5.78 Å². The van der Waals surface area contributed by atoms with Gasteiger partial charge in [0.15, 0.2) is 5.78 Å². The van der Waals surface area contributed by atoms with Crippen LogP contribution in [0.5, 0.6) is 0 Å². The van der Waals surface area contributed by atoms with Crippen molar-refractivity contribution in [1.82, 2.24) is 0 Å². The Morgan fingerprint density at radius 2 is 1.70 bits per heavy atom. The van der Waals surface area contributed by atoms with Crippen molar-refractivity contribution in [3.05, 3.63) is 46.0 Å². The van der Waals surface area contributed by atoms with Crippen LogP contribution in [-0.2, 0) is 0 Å². The Labute approximate surface area is 176 Å². The van der Waals surface area contributed by atoms with Gasteiger partial charge in [-0.25, -0.2) is 0 Å². The maximum Gasteiger partial charge on any atom is 0.175 e. The highest BCUT2D eigenvalue weighted by Gasteiger charge is 2.24. The number of carbonyl (C=O) groups is 1. The van der Waals surface area contributed by atoms with Crippen molar-refractivity contribution in [2.24, 2.45) is 5.92 Å². The molecule has 0 saturated carbocycles. The zero-order valence-electron chi connectivity index (χ0n) is 15.5. The number of ketones is 1. The smallest absolute Gasteiger partial charge is 0.175 e. The maximum absolute atomic E-state index is 13.2. The molecule has 0 amide bonds. The largest absolute Gasteiger partial charge is 0.293 e. The van der Waals surface area contributed by atoms with Crippen molar-refractivity contribution in [1.29, 1.82) is 0 Å². The van der Waals surface area contributed by atoms with Crippen molar-refractivity contribution >= 4 is 61.2 Å². The number of thiophene rings is 4. The van der Waals surface area contributed by atoms with Gasteiger partial charge < -0.3 is 0 Å². The molecule has 4 heterocycles. The first-order valence-corrected chi connectivity index (χ1v) is 12.8. The van der Waals surface area contributed by atoms with Gasteiger partial charge in [0.2, 0.25) is 0 Å². The Balaban J connectivity index is 1.81. The fourth-order valence-electron chi connectivity index (χ4n) is 3.39. The molecule has 0 aliphatic carbocycles. The van der Waals surface area contributed by atoms with E-state index in [1.54, 1.807) is 34.0 Å². The zero-order valence-corrected chi connectivity index (χ0v) is 18.8. The zero-order chi connectivity index (χ0) is 18.8. The molecule has 1 atom stereocenters. The lowest BCUT2D eigenvalue weighted by Crippen LogP contribution is -2.12. The molecule has 0 spiro atoms. The highest BCUT2D eigenvalue weighted by atomic mass is 32.1. The molecule has 0 saturated heterocycles. The number of hydrogen-bond donors (Lipinski definition) is 0. The van der Waals surface area contributed by atoms with E-state index in [-0.39, 0.29) is 5.92 Å². The van der Waals surface area contributed by atoms with Gasteiger partial charge in [0.1, 0.15) is 0 Å². The van der Waals surface area contributed by atoms with Gasteiger partial charge in [-0.05, 0) is 41.8 Å². The Bertz CT molecular complexity index is 952. The predicted molar refractivity (Wildman–Crippen MR) is 124 cm³/mol. The molecule has 27 heavy (non-hydrogen) atoms. The van der Waals surface area contributed by atoms with Crippen molar-refractivity contribution in [3.63, 3.8) is 0 Å². The molecule has 4 rings (SSSR count). The second-order valence-corrected chi connectivity index (χ2v) is 10.6. The number of hydrogen-bond acceptors (Lipinski definition) is 5. The fourth-order valence-corrected chi connectivity index (χ4v) is 7.80. The first kappa shape index (κ1) is 19.1. The van der Waals surface area contributed by atoms with Gasteiger partial charge in [-0.15, -0.1) is 45.3 Å². The normalized spacial score (nSPS) is 12.7. The summed E-state index contributed by atoms with van der Waals surface area (Å²) in [5, 5.41) is 5.51. The summed E-state index contributed by atoms with van der Waals surface area (Å²) in [6, 6.07) is 10.7. The molecule has 1 unspecified atom stereocenters. The second kappa shape index (κ2) is 8.39. The Morgan fingerprint density at radius 1 is 1.00 bits per heavy atom. The third-order valence-electron chi connectivity index (χ3n) is 4.89. The molecule has 5 heteroatoms. The number of carbonyl (C=O) groups excluding carboxylic acids is 1. The van der Waals surface area contributed by atoms with Crippen molar-refractivity contribution in [2.75, 3.05) is 0 Å². The summed E-state index contributed by atoms with van der Waals surface area (Å²) in [7, 11) is 0. The van der Waals surface area contributed by atoms with Crippen LogP contribution in [0.4, 0.5) is 0 Å². The van der Waals surface area contributed by atoms with E-state index in [0.717, 1.165) is 30.6 Å². The van der Waals surface area contributed by atoms with Crippen LogP contribution < -0.4 is 0 Å². The third-order valence-corrected chi connectivity index (χ3v) is 9.49. The first-order valence-electron chi connectivity index (χ1n) is 9.41. The standard InChI is InChI=1S/C22H22OS4/c1-3-5-8-14(4-2)19(23)18-13-15-20(16-9-6-11-24-16)27-22(21(15)26-18)17-10-7-12-25-17/h6-7,9-14H,3-5,8H2,1-2H3. The molecule has 0 bridgehead atoms. The van der Waals surface area contributed by atoms with E-state index in [2.05, 4.69) is 54.9 Å². The van der Waals surface area contributed by atoms with Gasteiger partial charge in [0, 0.05) is 21.1 Å². The van der Waals surface area contributed by atoms with Gasteiger partial charge in [-0.3, -0.25) is 4.79 Å². The average Bonchev–Trinajstić information content (AvgIpc) is 3.45.